The van der Waals surface area contributed by atoms with Crippen LogP contribution in [0.3, 0.4) is 0 Å². The highest BCUT2D eigenvalue weighted by Gasteiger charge is 2.49. The number of carbonyl (C=O) groups excluding carboxylic acids is 1. The number of benzene rings is 1. The smallest absolute Gasteiger partial charge is 0.259 e. The molecule has 1 aromatic carbocycles. The second-order valence-corrected chi connectivity index (χ2v) is 11.9. The molecule has 10 heteroatoms. The fourth-order valence-corrected chi connectivity index (χ4v) is 6.68. The monoisotopic (exact) mass is 554 g/mol. The normalized spacial score (nSPS) is 24.6. The summed E-state index contributed by atoms with van der Waals surface area (Å²) < 4.78 is 18.0. The number of nitrogens with zero attached hydrogens (tertiary/aromatic N) is 7. The lowest BCUT2D eigenvalue weighted by atomic mass is 9.57. The molecular formula is C31H35FN8O. The first kappa shape index (κ1) is 27.1. The van der Waals surface area contributed by atoms with Crippen molar-refractivity contribution < 1.29 is 9.18 Å². The number of alkyl halides is 1. The van der Waals surface area contributed by atoms with Crippen molar-refractivity contribution in [3.05, 3.63) is 77.3 Å². The minimum atomic E-state index is -0.758. The van der Waals surface area contributed by atoms with E-state index >= 15 is 0 Å². The molecule has 1 amide bonds. The molecule has 2 aliphatic rings. The maximum Gasteiger partial charge on any atom is 0.259 e. The number of nitrogens with one attached hydrogen (secondary N) is 1. The van der Waals surface area contributed by atoms with Gasteiger partial charge < -0.3 is 14.3 Å². The van der Waals surface area contributed by atoms with Gasteiger partial charge in [-0.25, -0.2) is 9.37 Å². The molecule has 0 radical (unpaired) electrons. The third kappa shape index (κ3) is 4.99. The number of aryl methyl sites for hydroxylation is 2. The van der Waals surface area contributed by atoms with Gasteiger partial charge in [0.2, 0.25) is 0 Å². The van der Waals surface area contributed by atoms with E-state index < -0.39 is 6.17 Å². The Balaban J connectivity index is 1.28. The van der Waals surface area contributed by atoms with Gasteiger partial charge >= 0.3 is 0 Å². The van der Waals surface area contributed by atoms with Gasteiger partial charge in [-0.15, -0.1) is 10.2 Å². The molecule has 1 saturated heterocycles. The van der Waals surface area contributed by atoms with E-state index in [1.165, 1.54) is 0 Å². The van der Waals surface area contributed by atoms with Crippen LogP contribution >= 0.6 is 0 Å². The van der Waals surface area contributed by atoms with Gasteiger partial charge in [0.05, 0.1) is 17.0 Å². The van der Waals surface area contributed by atoms with Crippen molar-refractivity contribution in [1.29, 1.82) is 5.26 Å². The van der Waals surface area contributed by atoms with E-state index in [-0.39, 0.29) is 17.2 Å². The van der Waals surface area contributed by atoms with Crippen LogP contribution in [0.1, 0.15) is 65.6 Å². The van der Waals surface area contributed by atoms with Crippen molar-refractivity contribution in [2.24, 2.45) is 18.9 Å². The predicted molar refractivity (Wildman–Crippen MR) is 153 cm³/mol. The number of imidazole rings is 1. The number of amides is 1. The van der Waals surface area contributed by atoms with Gasteiger partial charge in [0, 0.05) is 62.8 Å². The Kier molecular flexibility index (Phi) is 7.08. The van der Waals surface area contributed by atoms with Crippen LogP contribution in [0.2, 0.25) is 0 Å². The first-order chi connectivity index (χ1) is 19.8. The summed E-state index contributed by atoms with van der Waals surface area (Å²) in [5.41, 5.74) is 4.40. The second kappa shape index (κ2) is 10.7. The highest BCUT2D eigenvalue weighted by molar-refractivity contribution is 6.08. The molecule has 1 aliphatic carbocycles. The van der Waals surface area contributed by atoms with Gasteiger partial charge in [0.25, 0.3) is 5.91 Å². The summed E-state index contributed by atoms with van der Waals surface area (Å²) in [7, 11) is 1.94. The molecule has 9 nitrogen and oxygen atoms in total. The Morgan fingerprint density at radius 1 is 1.29 bits per heavy atom. The summed E-state index contributed by atoms with van der Waals surface area (Å²) in [6.45, 7) is 5.96. The SMILES string of the molecule is Cc1cnc2c(C(=O)Nc3cccc(C4(c5nncn5C)CC(CC#N)C4)c3)cc(CN3CC[C@H](F)[C@H](C)C3)cn12. The summed E-state index contributed by atoms with van der Waals surface area (Å²) in [5.74, 6) is 0.921. The van der Waals surface area contributed by atoms with Crippen molar-refractivity contribution in [3.63, 3.8) is 0 Å². The quantitative estimate of drug-likeness (QED) is 0.352. The fraction of sp³-hybridized carbons (Fsp3) is 0.452. The Bertz CT molecular complexity index is 1630. The zero-order valence-electron chi connectivity index (χ0n) is 23.7. The predicted octanol–water partition coefficient (Wildman–Crippen LogP) is 4.81. The summed E-state index contributed by atoms with van der Waals surface area (Å²) >= 11 is 0. The van der Waals surface area contributed by atoms with Crippen molar-refractivity contribution in [2.45, 2.75) is 57.7 Å². The molecule has 3 aromatic heterocycles. The van der Waals surface area contributed by atoms with Crippen molar-refractivity contribution in [1.82, 2.24) is 29.0 Å². The van der Waals surface area contributed by atoms with E-state index in [1.807, 2.05) is 60.3 Å². The maximum atomic E-state index is 14.1. The number of piperidine rings is 1. The van der Waals surface area contributed by atoms with Gasteiger partial charge in [-0.1, -0.05) is 19.1 Å². The van der Waals surface area contributed by atoms with Gasteiger partial charge in [-0.05, 0) is 61.4 Å². The molecule has 41 heavy (non-hydrogen) atoms. The second-order valence-electron chi connectivity index (χ2n) is 11.9. The van der Waals surface area contributed by atoms with Gasteiger partial charge in [0.1, 0.15) is 24.0 Å². The number of halogens is 1. The first-order valence-electron chi connectivity index (χ1n) is 14.2. The van der Waals surface area contributed by atoms with Crippen LogP contribution in [0.25, 0.3) is 5.65 Å². The fourth-order valence-electron chi connectivity index (χ4n) is 6.68. The standard InChI is InChI=1S/C31H35FN8O/c1-20-16-39(10-8-27(20)32)17-23-11-26(28-34-15-21(2)40(28)18-23)29(41)36-25-6-4-5-24(12-25)31(13-22(14-31)7-9-33)30-37-35-19-38(30)3/h4-6,11-12,15,18-20,22,27H,7-8,10,13-14,16-17H2,1-3H3,(H,36,41)/t20-,22?,27+,31?/m1/s1. The van der Waals surface area contributed by atoms with E-state index in [9.17, 15) is 14.4 Å². The Labute approximate surface area is 239 Å². The van der Waals surface area contributed by atoms with Crippen LogP contribution in [-0.2, 0) is 19.0 Å². The average Bonchev–Trinajstić information content (AvgIpc) is 3.53. The highest BCUT2D eigenvalue weighted by atomic mass is 19.1. The zero-order chi connectivity index (χ0) is 28.7. The lowest BCUT2D eigenvalue weighted by Gasteiger charge is -2.46. The van der Waals surface area contributed by atoms with Crippen LogP contribution in [0.5, 0.6) is 0 Å². The number of rotatable bonds is 7. The lowest BCUT2D eigenvalue weighted by molar-refractivity contribution is 0.0925. The number of nitriles is 1. The van der Waals surface area contributed by atoms with Crippen LogP contribution in [-0.4, -0.2) is 54.2 Å². The average molecular weight is 555 g/mol. The molecule has 212 valence electrons. The molecule has 6 rings (SSSR count). The van der Waals surface area contributed by atoms with Crippen molar-refractivity contribution >= 4 is 17.2 Å². The number of aromatic nitrogens is 5. The summed E-state index contributed by atoms with van der Waals surface area (Å²) in [6.07, 6.45) is 7.39. The highest BCUT2D eigenvalue weighted by Crippen LogP contribution is 2.53. The van der Waals surface area contributed by atoms with E-state index in [0.29, 0.717) is 55.3 Å². The molecule has 2 fully saturated rings. The minimum Gasteiger partial charge on any atom is -0.322 e. The van der Waals surface area contributed by atoms with E-state index in [1.54, 1.807) is 12.5 Å². The molecule has 1 N–H and O–H groups in total. The third-order valence-corrected chi connectivity index (χ3v) is 8.85. The van der Waals surface area contributed by atoms with Gasteiger partial charge in [-0.2, -0.15) is 5.26 Å². The topological polar surface area (TPSA) is 104 Å². The largest absolute Gasteiger partial charge is 0.322 e. The third-order valence-electron chi connectivity index (χ3n) is 8.85. The maximum absolute atomic E-state index is 14.1. The molecule has 1 aliphatic heterocycles. The lowest BCUT2D eigenvalue weighted by Crippen LogP contribution is -2.44. The number of fused-ring (bicyclic) bond motifs is 1. The Morgan fingerprint density at radius 3 is 2.85 bits per heavy atom. The number of pyridine rings is 1. The molecule has 0 unspecified atom stereocenters. The van der Waals surface area contributed by atoms with Crippen LogP contribution in [0.15, 0.2) is 49.1 Å². The van der Waals surface area contributed by atoms with E-state index in [4.69, 9.17) is 0 Å². The number of anilines is 1. The molecule has 0 bridgehead atoms. The number of carbonyl (C=O) groups is 1. The number of hydrogen-bond donors (Lipinski definition) is 1. The zero-order valence-corrected chi connectivity index (χ0v) is 23.7. The summed E-state index contributed by atoms with van der Waals surface area (Å²) in [6, 6.07) is 12.1. The molecule has 0 spiro atoms. The van der Waals surface area contributed by atoms with E-state index in [0.717, 1.165) is 35.5 Å². The number of likely N-dealkylation sites (tertiary alicyclic amines) is 1. The van der Waals surface area contributed by atoms with Crippen molar-refractivity contribution in [3.8, 4) is 6.07 Å². The summed E-state index contributed by atoms with van der Waals surface area (Å²) in [5, 5.41) is 20.9. The summed E-state index contributed by atoms with van der Waals surface area (Å²) in [4.78, 5) is 20.5. The molecule has 1 saturated carbocycles. The number of hydrogen-bond acceptors (Lipinski definition) is 6. The molecule has 4 aromatic rings. The Hall–Kier alpha value is -4.10. The van der Waals surface area contributed by atoms with Gasteiger partial charge in [0.15, 0.2) is 0 Å². The van der Waals surface area contributed by atoms with Crippen LogP contribution < -0.4 is 5.32 Å². The van der Waals surface area contributed by atoms with Gasteiger partial charge in [-0.3, -0.25) is 9.69 Å². The molecule has 2 atom stereocenters. The Morgan fingerprint density at radius 2 is 2.12 bits per heavy atom. The van der Waals surface area contributed by atoms with E-state index in [2.05, 4.69) is 37.5 Å². The first-order valence-corrected chi connectivity index (χ1v) is 14.2. The van der Waals surface area contributed by atoms with Crippen molar-refractivity contribution in [2.75, 3.05) is 18.4 Å². The minimum absolute atomic E-state index is 0.00630. The molecule has 4 heterocycles. The van der Waals surface area contributed by atoms with Crippen LogP contribution in [0.4, 0.5) is 10.1 Å². The van der Waals surface area contributed by atoms with Crippen LogP contribution in [0, 0.1) is 30.1 Å². The molecular weight excluding hydrogens is 519 g/mol.